The third-order valence-electron chi connectivity index (χ3n) is 5.31. The molecule has 4 aromatic rings. The van der Waals surface area contributed by atoms with Crippen molar-refractivity contribution in [2.24, 2.45) is 0 Å². The van der Waals surface area contributed by atoms with Crippen LogP contribution in [0.2, 0.25) is 0 Å². The van der Waals surface area contributed by atoms with Crippen LogP contribution in [0.1, 0.15) is 11.4 Å². The van der Waals surface area contributed by atoms with Gasteiger partial charge in [0.1, 0.15) is 0 Å². The lowest BCUT2D eigenvalue weighted by Gasteiger charge is -2.35. The second-order valence-corrected chi connectivity index (χ2v) is 7.13. The molecule has 0 saturated carbocycles. The third-order valence-corrected chi connectivity index (χ3v) is 5.31. The zero-order valence-corrected chi connectivity index (χ0v) is 15.8. The summed E-state index contributed by atoms with van der Waals surface area (Å²) in [6.07, 6.45) is 3.85. The molecule has 8 nitrogen and oxygen atoms in total. The first-order valence-corrected chi connectivity index (χ1v) is 9.51. The minimum Gasteiger partial charge on any atom is -0.368 e. The van der Waals surface area contributed by atoms with Gasteiger partial charge >= 0.3 is 0 Å². The van der Waals surface area contributed by atoms with Gasteiger partial charge < -0.3 is 4.90 Å². The van der Waals surface area contributed by atoms with Crippen LogP contribution in [0.4, 0.5) is 5.69 Å². The van der Waals surface area contributed by atoms with Gasteiger partial charge in [0.15, 0.2) is 11.5 Å². The fourth-order valence-electron chi connectivity index (χ4n) is 3.76. The lowest BCUT2D eigenvalue weighted by Crippen LogP contribution is -2.46. The summed E-state index contributed by atoms with van der Waals surface area (Å²) in [4.78, 5) is 4.84. The number of benzene rings is 1. The van der Waals surface area contributed by atoms with Gasteiger partial charge in [-0.3, -0.25) is 10.00 Å². The van der Waals surface area contributed by atoms with E-state index in [0.717, 1.165) is 55.6 Å². The number of anilines is 1. The lowest BCUT2D eigenvalue weighted by molar-refractivity contribution is 0.250. The minimum absolute atomic E-state index is 0.795. The van der Waals surface area contributed by atoms with E-state index in [1.807, 2.05) is 25.4 Å². The molecule has 28 heavy (non-hydrogen) atoms. The van der Waals surface area contributed by atoms with Crippen LogP contribution in [0.25, 0.3) is 16.9 Å². The van der Waals surface area contributed by atoms with Gasteiger partial charge in [0.2, 0.25) is 0 Å². The molecule has 1 fully saturated rings. The van der Waals surface area contributed by atoms with Crippen molar-refractivity contribution in [2.75, 3.05) is 31.1 Å². The highest BCUT2D eigenvalue weighted by Crippen LogP contribution is 2.23. The molecule has 0 aliphatic carbocycles. The van der Waals surface area contributed by atoms with Crippen molar-refractivity contribution in [1.82, 2.24) is 34.9 Å². The Morgan fingerprint density at radius 3 is 2.64 bits per heavy atom. The molecular weight excluding hydrogens is 352 g/mol. The Balaban J connectivity index is 1.26. The molecule has 1 N–H and O–H groups in total. The second-order valence-electron chi connectivity index (χ2n) is 7.13. The number of hydrogen-bond donors (Lipinski definition) is 1. The van der Waals surface area contributed by atoms with E-state index in [1.54, 1.807) is 4.52 Å². The lowest BCUT2D eigenvalue weighted by atomic mass is 10.1. The Morgan fingerprint density at radius 1 is 1.00 bits per heavy atom. The molecule has 1 saturated heterocycles. The van der Waals surface area contributed by atoms with E-state index in [1.165, 1.54) is 11.1 Å². The Kier molecular flexibility index (Phi) is 4.25. The number of piperazine rings is 1. The summed E-state index contributed by atoms with van der Waals surface area (Å²) in [5, 5.41) is 20.2. The highest BCUT2D eigenvalue weighted by Gasteiger charge is 2.20. The fourth-order valence-corrected chi connectivity index (χ4v) is 3.76. The van der Waals surface area contributed by atoms with E-state index < -0.39 is 0 Å². The van der Waals surface area contributed by atoms with E-state index in [4.69, 9.17) is 0 Å². The Morgan fingerprint density at radius 2 is 1.82 bits per heavy atom. The summed E-state index contributed by atoms with van der Waals surface area (Å²) in [6.45, 7) is 6.72. The molecule has 0 unspecified atom stereocenters. The number of fused-ring (bicyclic) bond motifs is 1. The maximum absolute atomic E-state index is 4.46. The van der Waals surface area contributed by atoms with Crippen LogP contribution in [0, 0.1) is 6.92 Å². The monoisotopic (exact) mass is 374 g/mol. The first-order valence-electron chi connectivity index (χ1n) is 9.51. The number of nitrogens with one attached hydrogen (secondary N) is 1. The van der Waals surface area contributed by atoms with Crippen LogP contribution in [-0.2, 0) is 6.54 Å². The van der Waals surface area contributed by atoms with Gasteiger partial charge in [-0.25, -0.2) is 0 Å². The number of aryl methyl sites for hydroxylation is 1. The van der Waals surface area contributed by atoms with Crippen LogP contribution in [0.5, 0.6) is 0 Å². The van der Waals surface area contributed by atoms with Crippen molar-refractivity contribution in [2.45, 2.75) is 13.5 Å². The summed E-state index contributed by atoms with van der Waals surface area (Å²) >= 11 is 0. The SMILES string of the molecule is Cc1nnc2cc(N3CCN(Cc4cn[nH]c4-c4ccccc4)CC3)cnn12. The quantitative estimate of drug-likeness (QED) is 0.590. The maximum Gasteiger partial charge on any atom is 0.179 e. The molecule has 0 amide bonds. The molecule has 1 aromatic carbocycles. The van der Waals surface area contributed by atoms with Gasteiger partial charge in [-0.05, 0) is 12.5 Å². The molecule has 142 valence electrons. The van der Waals surface area contributed by atoms with E-state index in [2.05, 4.69) is 65.6 Å². The van der Waals surface area contributed by atoms with Gasteiger partial charge in [-0.1, -0.05) is 30.3 Å². The highest BCUT2D eigenvalue weighted by atomic mass is 15.4. The van der Waals surface area contributed by atoms with Crippen molar-refractivity contribution in [3.63, 3.8) is 0 Å². The molecular formula is C20H22N8. The molecule has 3 aromatic heterocycles. The first kappa shape index (κ1) is 16.9. The molecule has 0 atom stereocenters. The summed E-state index contributed by atoms with van der Waals surface area (Å²) in [5.74, 6) is 0.806. The zero-order valence-electron chi connectivity index (χ0n) is 15.8. The highest BCUT2D eigenvalue weighted by molar-refractivity contribution is 5.62. The summed E-state index contributed by atoms with van der Waals surface area (Å²) in [7, 11) is 0. The van der Waals surface area contributed by atoms with Gasteiger partial charge in [-0.2, -0.15) is 14.7 Å². The van der Waals surface area contributed by atoms with Gasteiger partial charge in [0, 0.05) is 44.4 Å². The Labute approximate surface area is 162 Å². The van der Waals surface area contributed by atoms with Gasteiger partial charge in [0.05, 0.1) is 23.8 Å². The van der Waals surface area contributed by atoms with Gasteiger partial charge in [0.25, 0.3) is 0 Å². The number of H-pyrrole nitrogens is 1. The van der Waals surface area contributed by atoms with Crippen molar-refractivity contribution in [3.8, 4) is 11.3 Å². The van der Waals surface area contributed by atoms with Gasteiger partial charge in [-0.15, -0.1) is 10.2 Å². The number of aromatic amines is 1. The van der Waals surface area contributed by atoms with E-state index in [0.29, 0.717) is 0 Å². The van der Waals surface area contributed by atoms with Crippen LogP contribution >= 0.6 is 0 Å². The van der Waals surface area contributed by atoms with Crippen molar-refractivity contribution in [3.05, 3.63) is 60.2 Å². The average molecular weight is 374 g/mol. The fraction of sp³-hybridized carbons (Fsp3) is 0.300. The molecule has 5 rings (SSSR count). The van der Waals surface area contributed by atoms with E-state index in [-0.39, 0.29) is 0 Å². The van der Waals surface area contributed by atoms with Crippen LogP contribution in [0.3, 0.4) is 0 Å². The van der Waals surface area contributed by atoms with Crippen LogP contribution in [-0.4, -0.2) is 61.1 Å². The molecule has 8 heteroatoms. The van der Waals surface area contributed by atoms with Crippen molar-refractivity contribution >= 4 is 11.3 Å². The van der Waals surface area contributed by atoms with Crippen LogP contribution in [0.15, 0.2) is 48.8 Å². The molecule has 0 spiro atoms. The molecule has 0 radical (unpaired) electrons. The van der Waals surface area contributed by atoms with E-state index >= 15 is 0 Å². The van der Waals surface area contributed by atoms with Crippen molar-refractivity contribution < 1.29 is 0 Å². The smallest absolute Gasteiger partial charge is 0.179 e. The summed E-state index contributed by atoms with van der Waals surface area (Å²) < 4.78 is 1.77. The Bertz CT molecular complexity index is 1080. The first-order chi connectivity index (χ1) is 13.8. The largest absolute Gasteiger partial charge is 0.368 e. The average Bonchev–Trinajstić information content (AvgIpc) is 3.36. The predicted octanol–water partition coefficient (Wildman–Crippen LogP) is 2.15. The summed E-state index contributed by atoms with van der Waals surface area (Å²) in [5.41, 5.74) is 5.43. The maximum atomic E-state index is 4.46. The van der Waals surface area contributed by atoms with E-state index in [9.17, 15) is 0 Å². The third kappa shape index (κ3) is 3.11. The predicted molar refractivity (Wildman–Crippen MR) is 107 cm³/mol. The Hall–Kier alpha value is -3.26. The molecule has 4 heterocycles. The molecule has 1 aliphatic rings. The number of hydrogen-bond acceptors (Lipinski definition) is 6. The molecule has 1 aliphatic heterocycles. The zero-order chi connectivity index (χ0) is 18.9. The normalized spacial score (nSPS) is 15.4. The number of rotatable bonds is 4. The summed E-state index contributed by atoms with van der Waals surface area (Å²) in [6, 6.07) is 12.4. The van der Waals surface area contributed by atoms with Crippen molar-refractivity contribution in [1.29, 1.82) is 0 Å². The number of aromatic nitrogens is 6. The topological polar surface area (TPSA) is 78.2 Å². The second kappa shape index (κ2) is 7.05. The molecule has 0 bridgehead atoms. The number of nitrogens with zero attached hydrogens (tertiary/aromatic N) is 7. The van der Waals surface area contributed by atoms with Crippen LogP contribution < -0.4 is 4.90 Å². The minimum atomic E-state index is 0.795. The standard InChI is InChI=1S/C20H22N8/c1-15-23-24-19-11-18(13-22-28(15)19)27-9-7-26(8-10-27)14-17-12-21-25-20(17)16-5-3-2-4-6-16/h2-6,11-13H,7-10,14H2,1H3,(H,21,25).